The number of urea groups is 1. The lowest BCUT2D eigenvalue weighted by Gasteiger charge is -2.18. The highest BCUT2D eigenvalue weighted by Crippen LogP contribution is 2.25. The van der Waals surface area contributed by atoms with Gasteiger partial charge in [-0.2, -0.15) is 0 Å². The molecule has 2 rings (SSSR count). The Kier molecular flexibility index (Phi) is 7.73. The van der Waals surface area contributed by atoms with E-state index < -0.39 is 30.6 Å². The standard InChI is InChI=1S/C20H20ClN3O5/c1-12(25)13-6-3-5-9-16(13)23-18(26)11-29-19(27)10-17(24-20(22)28)14-7-2-4-8-15(14)21/h2-9,17H,10-11H2,1H3,(H,23,26)(H3,22,24,28)/t17-/m0/s1. The quantitative estimate of drug-likeness (QED) is 0.449. The van der Waals surface area contributed by atoms with Crippen LogP contribution in [-0.4, -0.2) is 30.3 Å². The van der Waals surface area contributed by atoms with E-state index >= 15 is 0 Å². The van der Waals surface area contributed by atoms with E-state index in [4.69, 9.17) is 22.1 Å². The average Bonchev–Trinajstić information content (AvgIpc) is 2.66. The molecule has 0 radical (unpaired) electrons. The second-order valence-electron chi connectivity index (χ2n) is 6.10. The molecule has 152 valence electrons. The Balaban J connectivity index is 1.97. The number of ether oxygens (including phenoxy) is 1. The summed E-state index contributed by atoms with van der Waals surface area (Å²) in [7, 11) is 0. The Morgan fingerprint density at radius 1 is 1.07 bits per heavy atom. The Morgan fingerprint density at radius 3 is 2.38 bits per heavy atom. The van der Waals surface area contributed by atoms with Crippen LogP contribution < -0.4 is 16.4 Å². The topological polar surface area (TPSA) is 128 Å². The number of rotatable bonds is 8. The van der Waals surface area contributed by atoms with E-state index in [1.165, 1.54) is 6.92 Å². The van der Waals surface area contributed by atoms with Crippen LogP contribution in [0.3, 0.4) is 0 Å². The number of carbonyl (C=O) groups is 4. The highest BCUT2D eigenvalue weighted by Gasteiger charge is 2.21. The number of halogens is 1. The third kappa shape index (κ3) is 6.62. The van der Waals surface area contributed by atoms with Crippen molar-refractivity contribution < 1.29 is 23.9 Å². The lowest BCUT2D eigenvalue weighted by atomic mass is 10.0. The van der Waals surface area contributed by atoms with Crippen molar-refractivity contribution in [3.8, 4) is 0 Å². The summed E-state index contributed by atoms with van der Waals surface area (Å²) in [6.45, 7) is 0.822. The van der Waals surface area contributed by atoms with Crippen LogP contribution in [0.5, 0.6) is 0 Å². The maximum absolute atomic E-state index is 12.2. The molecule has 0 unspecified atom stereocenters. The third-order valence-electron chi connectivity index (χ3n) is 3.91. The average molecular weight is 418 g/mol. The van der Waals surface area contributed by atoms with Gasteiger partial charge in [0.15, 0.2) is 12.4 Å². The molecule has 2 aromatic carbocycles. The molecule has 3 amide bonds. The number of ketones is 1. The second-order valence-corrected chi connectivity index (χ2v) is 6.50. The monoisotopic (exact) mass is 417 g/mol. The molecule has 0 aliphatic rings. The summed E-state index contributed by atoms with van der Waals surface area (Å²) < 4.78 is 4.98. The number of para-hydroxylation sites is 1. The maximum Gasteiger partial charge on any atom is 0.312 e. The first-order valence-electron chi connectivity index (χ1n) is 8.63. The minimum atomic E-state index is -0.832. The number of nitrogens with one attached hydrogen (secondary N) is 2. The van der Waals surface area contributed by atoms with Crippen LogP contribution in [0.1, 0.15) is 35.3 Å². The predicted molar refractivity (Wildman–Crippen MR) is 108 cm³/mol. The molecule has 0 heterocycles. The van der Waals surface area contributed by atoms with Gasteiger partial charge in [-0.1, -0.05) is 41.9 Å². The first kappa shape index (κ1) is 21.9. The van der Waals surface area contributed by atoms with E-state index in [1.807, 2.05) is 0 Å². The van der Waals surface area contributed by atoms with E-state index in [2.05, 4.69) is 10.6 Å². The van der Waals surface area contributed by atoms with Gasteiger partial charge in [-0.3, -0.25) is 14.4 Å². The van der Waals surface area contributed by atoms with Crippen molar-refractivity contribution in [2.45, 2.75) is 19.4 Å². The number of nitrogens with two attached hydrogens (primary N) is 1. The smallest absolute Gasteiger partial charge is 0.312 e. The van der Waals surface area contributed by atoms with Gasteiger partial charge >= 0.3 is 12.0 Å². The first-order chi connectivity index (χ1) is 13.8. The van der Waals surface area contributed by atoms with E-state index in [0.717, 1.165) is 0 Å². The molecule has 0 saturated carbocycles. The van der Waals surface area contributed by atoms with E-state index in [-0.39, 0.29) is 12.2 Å². The van der Waals surface area contributed by atoms with Gasteiger partial charge < -0.3 is 21.1 Å². The molecule has 0 saturated heterocycles. The maximum atomic E-state index is 12.2. The molecule has 0 aliphatic carbocycles. The van der Waals surface area contributed by atoms with Crippen LogP contribution in [0.25, 0.3) is 0 Å². The lowest BCUT2D eigenvalue weighted by Crippen LogP contribution is -2.35. The van der Waals surface area contributed by atoms with Gasteiger partial charge in [-0.15, -0.1) is 0 Å². The molecule has 0 bridgehead atoms. The molecule has 4 N–H and O–H groups in total. The van der Waals surface area contributed by atoms with Crippen LogP contribution in [0, 0.1) is 0 Å². The fourth-order valence-corrected chi connectivity index (χ4v) is 2.89. The summed E-state index contributed by atoms with van der Waals surface area (Å²) >= 11 is 6.11. The SMILES string of the molecule is CC(=O)c1ccccc1NC(=O)COC(=O)C[C@H](NC(N)=O)c1ccccc1Cl. The molecule has 0 spiro atoms. The van der Waals surface area contributed by atoms with Gasteiger partial charge in [0.1, 0.15) is 0 Å². The zero-order valence-electron chi connectivity index (χ0n) is 15.6. The van der Waals surface area contributed by atoms with Gasteiger partial charge in [0, 0.05) is 10.6 Å². The number of carbonyl (C=O) groups excluding carboxylic acids is 4. The summed E-state index contributed by atoms with van der Waals surface area (Å²) in [5, 5.41) is 5.30. The minimum Gasteiger partial charge on any atom is -0.455 e. The van der Waals surface area contributed by atoms with E-state index in [1.54, 1.807) is 48.5 Å². The van der Waals surface area contributed by atoms with E-state index in [9.17, 15) is 19.2 Å². The van der Waals surface area contributed by atoms with Crippen molar-refractivity contribution in [1.82, 2.24) is 5.32 Å². The van der Waals surface area contributed by atoms with Crippen molar-refractivity contribution in [3.05, 3.63) is 64.7 Å². The van der Waals surface area contributed by atoms with Gasteiger partial charge in [0.05, 0.1) is 18.2 Å². The molecule has 8 nitrogen and oxygen atoms in total. The van der Waals surface area contributed by atoms with Crippen molar-refractivity contribution in [3.63, 3.8) is 0 Å². The number of hydrogen-bond acceptors (Lipinski definition) is 5. The van der Waals surface area contributed by atoms with Crippen molar-refractivity contribution in [2.24, 2.45) is 5.73 Å². The highest BCUT2D eigenvalue weighted by atomic mass is 35.5. The number of anilines is 1. The number of amides is 3. The summed E-state index contributed by atoms with van der Waals surface area (Å²) in [6.07, 6.45) is -0.274. The van der Waals surface area contributed by atoms with Gasteiger partial charge in [-0.05, 0) is 30.7 Å². The Hall–Kier alpha value is -3.39. The first-order valence-corrected chi connectivity index (χ1v) is 9.01. The fourth-order valence-electron chi connectivity index (χ4n) is 2.63. The number of hydrogen-bond donors (Lipinski definition) is 3. The van der Waals surface area contributed by atoms with Gasteiger partial charge in [-0.25, -0.2) is 4.79 Å². The molecule has 0 aromatic heterocycles. The van der Waals surface area contributed by atoms with Crippen molar-refractivity contribution in [2.75, 3.05) is 11.9 Å². The molecule has 0 aliphatic heterocycles. The minimum absolute atomic E-state index is 0.210. The molecule has 0 fully saturated rings. The van der Waals surface area contributed by atoms with Crippen molar-refractivity contribution >= 4 is 41.0 Å². The third-order valence-corrected chi connectivity index (χ3v) is 4.26. The number of primary amides is 1. The molecule has 1 atom stereocenters. The number of esters is 1. The van der Waals surface area contributed by atoms with Crippen LogP contribution in [-0.2, 0) is 14.3 Å². The summed E-state index contributed by atoms with van der Waals surface area (Å²) in [4.78, 5) is 47.1. The summed E-state index contributed by atoms with van der Waals surface area (Å²) in [5.74, 6) is -1.55. The highest BCUT2D eigenvalue weighted by molar-refractivity contribution is 6.31. The Labute approximate surface area is 172 Å². The summed E-state index contributed by atoms with van der Waals surface area (Å²) in [6, 6.07) is 11.5. The predicted octanol–water partition coefficient (Wildman–Crippen LogP) is 2.82. The van der Waals surface area contributed by atoms with Crippen molar-refractivity contribution in [1.29, 1.82) is 0 Å². The van der Waals surface area contributed by atoms with Crippen LogP contribution >= 0.6 is 11.6 Å². The number of benzene rings is 2. The fraction of sp³-hybridized carbons (Fsp3) is 0.200. The lowest BCUT2D eigenvalue weighted by molar-refractivity contribution is -0.147. The molecule has 29 heavy (non-hydrogen) atoms. The van der Waals surface area contributed by atoms with Gasteiger partial charge in [0.25, 0.3) is 5.91 Å². The molecule has 9 heteroatoms. The normalized spacial score (nSPS) is 11.2. The summed E-state index contributed by atoms with van der Waals surface area (Å²) in [5.41, 5.74) is 6.33. The Morgan fingerprint density at radius 2 is 1.72 bits per heavy atom. The molecular weight excluding hydrogens is 398 g/mol. The van der Waals surface area contributed by atoms with E-state index in [0.29, 0.717) is 21.8 Å². The molecule has 2 aromatic rings. The van der Waals surface area contributed by atoms with Crippen LogP contribution in [0.2, 0.25) is 5.02 Å². The molecular formula is C20H20ClN3O5. The van der Waals surface area contributed by atoms with Crippen LogP contribution in [0.15, 0.2) is 48.5 Å². The zero-order valence-corrected chi connectivity index (χ0v) is 16.4. The van der Waals surface area contributed by atoms with Crippen LogP contribution in [0.4, 0.5) is 10.5 Å². The largest absolute Gasteiger partial charge is 0.455 e. The zero-order chi connectivity index (χ0) is 21.4. The Bertz CT molecular complexity index is 932. The second kappa shape index (κ2) is 10.2. The van der Waals surface area contributed by atoms with Gasteiger partial charge in [0.2, 0.25) is 0 Å². The number of Topliss-reactive ketones (excluding diaryl/α,β-unsaturated/α-hetero) is 1.